The number of fused-ring (bicyclic) bond motifs is 3. The maximum absolute atomic E-state index is 12.2. The summed E-state index contributed by atoms with van der Waals surface area (Å²) < 4.78 is 18.1. The molecule has 0 aromatic heterocycles. The summed E-state index contributed by atoms with van der Waals surface area (Å²) in [5.74, 6) is -0.635. The van der Waals surface area contributed by atoms with Gasteiger partial charge in [-0.25, -0.2) is 4.79 Å². The minimum absolute atomic E-state index is 0.0104. The van der Waals surface area contributed by atoms with Gasteiger partial charge in [-0.15, -0.1) is 0 Å². The van der Waals surface area contributed by atoms with Crippen LogP contribution in [0.3, 0.4) is 0 Å². The van der Waals surface area contributed by atoms with Crippen molar-refractivity contribution >= 4 is 11.9 Å². The van der Waals surface area contributed by atoms with Crippen LogP contribution in [0.1, 0.15) is 59.3 Å². The molecule has 0 unspecified atom stereocenters. The zero-order valence-corrected chi connectivity index (χ0v) is 17.1. The summed E-state index contributed by atoms with van der Waals surface area (Å²) in [6, 6.07) is 0.722. The summed E-state index contributed by atoms with van der Waals surface area (Å²) in [5.41, 5.74) is 0.655. The van der Waals surface area contributed by atoms with Gasteiger partial charge in [0, 0.05) is 29.5 Å². The Morgan fingerprint density at radius 3 is 2.61 bits per heavy atom. The Hall–Kier alpha value is -1.40. The van der Waals surface area contributed by atoms with Gasteiger partial charge in [-0.3, -0.25) is 9.69 Å². The first-order chi connectivity index (χ1) is 13.4. The van der Waals surface area contributed by atoms with E-state index in [1.54, 1.807) is 0 Å². The first-order valence-electron chi connectivity index (χ1n) is 11.0. The molecule has 8 atom stereocenters. The van der Waals surface area contributed by atoms with Crippen molar-refractivity contribution < 1.29 is 23.8 Å². The fraction of sp³-hybridized carbons (Fsp3) is 0.818. The van der Waals surface area contributed by atoms with E-state index >= 15 is 0 Å². The first kappa shape index (κ1) is 18.6. The van der Waals surface area contributed by atoms with Gasteiger partial charge in [-0.2, -0.15) is 0 Å². The zero-order valence-electron chi connectivity index (χ0n) is 17.1. The van der Waals surface area contributed by atoms with Crippen LogP contribution in [-0.2, 0) is 23.8 Å². The highest BCUT2D eigenvalue weighted by Crippen LogP contribution is 2.54. The fourth-order valence-electron chi connectivity index (χ4n) is 6.64. The first-order valence-corrected chi connectivity index (χ1v) is 11.0. The maximum atomic E-state index is 12.2. The van der Waals surface area contributed by atoms with Crippen molar-refractivity contribution in [3.8, 4) is 0 Å². The van der Waals surface area contributed by atoms with Gasteiger partial charge in [0.15, 0.2) is 0 Å². The van der Waals surface area contributed by atoms with Crippen molar-refractivity contribution in [1.82, 2.24) is 4.90 Å². The highest BCUT2D eigenvalue weighted by molar-refractivity contribution is 5.90. The molecule has 4 fully saturated rings. The molecule has 5 rings (SSSR count). The smallest absolute Gasteiger partial charge is 0.336 e. The van der Waals surface area contributed by atoms with E-state index in [9.17, 15) is 9.59 Å². The summed E-state index contributed by atoms with van der Waals surface area (Å²) in [6.07, 6.45) is 8.04. The third-order valence-electron chi connectivity index (χ3n) is 7.82. The average molecular weight is 389 g/mol. The number of cyclic esters (lactones) is 1. The van der Waals surface area contributed by atoms with Gasteiger partial charge in [0.25, 0.3) is 0 Å². The minimum Gasteiger partial charge on any atom is -0.460 e. The number of ether oxygens (including phenoxy) is 3. The SMILES string of the molecule is CC[C@H]1[C@H]2[C@@H](CCCN3[C@@H]([C@@H]4C[C@H](C)C(=O)O4)CC[C@@H]23)O[C@]12C=C(C)C(=O)O2. The number of esters is 2. The third-order valence-corrected chi connectivity index (χ3v) is 7.82. The van der Waals surface area contributed by atoms with Crippen LogP contribution in [0.5, 0.6) is 0 Å². The summed E-state index contributed by atoms with van der Waals surface area (Å²) in [4.78, 5) is 26.7. The van der Waals surface area contributed by atoms with Crippen LogP contribution in [0.4, 0.5) is 0 Å². The Kier molecular flexibility index (Phi) is 4.36. The van der Waals surface area contributed by atoms with Crippen LogP contribution >= 0.6 is 0 Å². The molecule has 0 saturated carbocycles. The highest BCUT2D eigenvalue weighted by Gasteiger charge is 2.62. The Balaban J connectivity index is 1.43. The maximum Gasteiger partial charge on any atom is 0.336 e. The molecule has 5 heterocycles. The second kappa shape index (κ2) is 6.56. The predicted molar refractivity (Wildman–Crippen MR) is 101 cm³/mol. The normalized spacial score (nSPS) is 48.2. The number of hydrogen-bond acceptors (Lipinski definition) is 6. The molecular formula is C22H31NO5. The fourth-order valence-corrected chi connectivity index (χ4v) is 6.64. The van der Waals surface area contributed by atoms with E-state index in [0.29, 0.717) is 23.6 Å². The predicted octanol–water partition coefficient (Wildman–Crippen LogP) is 2.81. The second-order valence-corrected chi connectivity index (χ2v) is 9.39. The van der Waals surface area contributed by atoms with Crippen molar-refractivity contribution in [2.75, 3.05) is 6.54 Å². The minimum atomic E-state index is -0.874. The van der Waals surface area contributed by atoms with Crippen LogP contribution < -0.4 is 0 Å². The quantitative estimate of drug-likeness (QED) is 0.677. The summed E-state index contributed by atoms with van der Waals surface area (Å²) in [6.45, 7) is 6.99. The number of hydrogen-bond donors (Lipinski definition) is 0. The molecule has 0 aliphatic carbocycles. The van der Waals surface area contributed by atoms with E-state index in [0.717, 1.165) is 45.1 Å². The van der Waals surface area contributed by atoms with Crippen molar-refractivity contribution in [1.29, 1.82) is 0 Å². The molecule has 0 aromatic carbocycles. The lowest BCUT2D eigenvalue weighted by Gasteiger charge is -2.37. The van der Waals surface area contributed by atoms with Crippen LogP contribution in [0.15, 0.2) is 11.6 Å². The molecule has 0 amide bonds. The van der Waals surface area contributed by atoms with E-state index in [4.69, 9.17) is 14.2 Å². The molecule has 28 heavy (non-hydrogen) atoms. The van der Waals surface area contributed by atoms with E-state index in [1.165, 1.54) is 0 Å². The van der Waals surface area contributed by atoms with Crippen molar-refractivity contribution in [3.63, 3.8) is 0 Å². The van der Waals surface area contributed by atoms with Gasteiger partial charge >= 0.3 is 11.9 Å². The second-order valence-electron chi connectivity index (χ2n) is 9.39. The summed E-state index contributed by atoms with van der Waals surface area (Å²) in [5, 5.41) is 0. The Morgan fingerprint density at radius 2 is 1.96 bits per heavy atom. The molecule has 0 radical (unpaired) electrons. The standard InChI is InChI=1S/C22H31NO5/c1-4-14-19-16-8-7-15(18-10-12(2)20(24)26-18)23(16)9-5-6-17(19)27-22(14)11-13(3)21(25)28-22/h11-12,14-19H,4-10H2,1-3H3/t12-,14-,15+,16-,17+,18-,19+,22-/m0/s1. The molecule has 6 heteroatoms. The van der Waals surface area contributed by atoms with Gasteiger partial charge in [0.05, 0.1) is 12.0 Å². The Bertz CT molecular complexity index is 720. The van der Waals surface area contributed by atoms with Gasteiger partial charge < -0.3 is 14.2 Å². The van der Waals surface area contributed by atoms with E-state index < -0.39 is 5.79 Å². The molecule has 5 aliphatic heterocycles. The van der Waals surface area contributed by atoms with Crippen LogP contribution in [0, 0.1) is 17.8 Å². The molecule has 6 nitrogen and oxygen atoms in total. The number of nitrogens with zero attached hydrogens (tertiary/aromatic N) is 1. The molecule has 5 aliphatic rings. The molecule has 1 spiro atoms. The lowest BCUT2D eigenvalue weighted by molar-refractivity contribution is -0.204. The van der Waals surface area contributed by atoms with Gasteiger partial charge in [0.1, 0.15) is 6.10 Å². The number of rotatable bonds is 2. The van der Waals surface area contributed by atoms with Gasteiger partial charge in [-0.05, 0) is 58.1 Å². The molecule has 0 aromatic rings. The molecule has 0 bridgehead atoms. The van der Waals surface area contributed by atoms with Crippen molar-refractivity contribution in [3.05, 3.63) is 11.6 Å². The van der Waals surface area contributed by atoms with E-state index in [-0.39, 0.29) is 36.0 Å². The molecule has 4 saturated heterocycles. The lowest BCUT2D eigenvalue weighted by Crippen LogP contribution is -2.48. The monoisotopic (exact) mass is 389 g/mol. The highest BCUT2D eigenvalue weighted by atomic mass is 16.7. The van der Waals surface area contributed by atoms with Crippen molar-refractivity contribution in [2.45, 2.75) is 89.4 Å². The van der Waals surface area contributed by atoms with Gasteiger partial charge in [-0.1, -0.05) is 13.8 Å². The van der Waals surface area contributed by atoms with Crippen LogP contribution in [-0.4, -0.2) is 53.5 Å². The largest absolute Gasteiger partial charge is 0.460 e. The summed E-state index contributed by atoms with van der Waals surface area (Å²) >= 11 is 0. The number of carbonyl (C=O) groups is 2. The van der Waals surface area contributed by atoms with Crippen LogP contribution in [0.2, 0.25) is 0 Å². The summed E-state index contributed by atoms with van der Waals surface area (Å²) in [7, 11) is 0. The molecule has 0 N–H and O–H groups in total. The van der Waals surface area contributed by atoms with E-state index in [2.05, 4.69) is 11.8 Å². The van der Waals surface area contributed by atoms with Gasteiger partial charge in [0.2, 0.25) is 5.79 Å². The molecule has 154 valence electrons. The topological polar surface area (TPSA) is 65.1 Å². The molecular weight excluding hydrogens is 358 g/mol. The zero-order chi connectivity index (χ0) is 19.6. The average Bonchev–Trinajstić information content (AvgIpc) is 3.33. The van der Waals surface area contributed by atoms with E-state index in [1.807, 2.05) is 19.9 Å². The lowest BCUT2D eigenvalue weighted by atomic mass is 9.77. The Labute approximate surface area is 166 Å². The van der Waals surface area contributed by atoms with Crippen LogP contribution in [0.25, 0.3) is 0 Å². The Morgan fingerprint density at radius 1 is 1.18 bits per heavy atom. The third kappa shape index (κ3) is 2.60. The van der Waals surface area contributed by atoms with Crippen molar-refractivity contribution in [2.24, 2.45) is 17.8 Å². The number of carbonyl (C=O) groups excluding carboxylic acids is 2.